The predicted octanol–water partition coefficient (Wildman–Crippen LogP) is 3.16. The summed E-state index contributed by atoms with van der Waals surface area (Å²) < 4.78 is 12.7. The van der Waals surface area contributed by atoms with E-state index in [0.29, 0.717) is 6.61 Å². The SMILES string of the molecule is CCOC(=O)[C@H]1[C@@H]2CCCO[C@H]2[C@@H]2c3cc(I)ccc3N[C@H]12. The molecule has 0 aromatic heterocycles. The van der Waals surface area contributed by atoms with E-state index in [2.05, 4.69) is 46.1 Å². The lowest BCUT2D eigenvalue weighted by Crippen LogP contribution is -2.36. The molecule has 2 fully saturated rings. The summed E-state index contributed by atoms with van der Waals surface area (Å²) in [6.45, 7) is 3.12. The molecule has 0 spiro atoms. The molecular weight excluding hydrogens is 393 g/mol. The Balaban J connectivity index is 1.73. The molecule has 1 aromatic rings. The fraction of sp³-hybridized carbons (Fsp3) is 0.588. The maximum Gasteiger partial charge on any atom is 0.311 e. The van der Waals surface area contributed by atoms with Crippen molar-refractivity contribution < 1.29 is 14.3 Å². The van der Waals surface area contributed by atoms with Gasteiger partial charge in [-0.25, -0.2) is 0 Å². The van der Waals surface area contributed by atoms with Crippen LogP contribution >= 0.6 is 22.6 Å². The Bertz CT molecular complexity index is 606. The normalized spacial score (nSPS) is 35.3. The summed E-state index contributed by atoms with van der Waals surface area (Å²) in [6.07, 6.45) is 2.23. The summed E-state index contributed by atoms with van der Waals surface area (Å²) in [5.41, 5.74) is 2.46. The zero-order valence-electron chi connectivity index (χ0n) is 12.5. The Morgan fingerprint density at radius 3 is 3.18 bits per heavy atom. The van der Waals surface area contributed by atoms with E-state index in [0.717, 1.165) is 25.1 Å². The molecule has 0 unspecified atom stereocenters. The lowest BCUT2D eigenvalue weighted by Gasteiger charge is -2.31. The lowest BCUT2D eigenvalue weighted by molar-refractivity contribution is -0.151. The number of rotatable bonds is 2. The van der Waals surface area contributed by atoms with Crippen molar-refractivity contribution in [1.29, 1.82) is 0 Å². The maximum absolute atomic E-state index is 12.5. The first-order chi connectivity index (χ1) is 10.7. The number of fused-ring (bicyclic) bond motifs is 5. The number of ether oxygens (including phenoxy) is 2. The van der Waals surface area contributed by atoms with E-state index < -0.39 is 0 Å². The largest absolute Gasteiger partial charge is 0.466 e. The van der Waals surface area contributed by atoms with E-state index in [1.54, 1.807) is 0 Å². The van der Waals surface area contributed by atoms with Gasteiger partial charge in [0.1, 0.15) is 0 Å². The van der Waals surface area contributed by atoms with Crippen LogP contribution in [0.3, 0.4) is 0 Å². The van der Waals surface area contributed by atoms with Crippen LogP contribution < -0.4 is 5.32 Å². The molecule has 4 nitrogen and oxygen atoms in total. The monoisotopic (exact) mass is 413 g/mol. The molecular formula is C17H20INO3. The van der Waals surface area contributed by atoms with Gasteiger partial charge in [-0.15, -0.1) is 0 Å². The number of benzene rings is 1. The van der Waals surface area contributed by atoms with E-state index in [4.69, 9.17) is 9.47 Å². The van der Waals surface area contributed by atoms with Crippen LogP contribution in [-0.4, -0.2) is 31.3 Å². The Morgan fingerprint density at radius 2 is 2.36 bits per heavy atom. The molecule has 0 bridgehead atoms. The third kappa shape index (κ3) is 2.16. The molecule has 5 atom stereocenters. The van der Waals surface area contributed by atoms with Gasteiger partial charge in [-0.3, -0.25) is 4.79 Å². The van der Waals surface area contributed by atoms with Gasteiger partial charge in [0.05, 0.1) is 18.6 Å². The molecule has 1 aromatic carbocycles. The van der Waals surface area contributed by atoms with Crippen molar-refractivity contribution >= 4 is 34.2 Å². The minimum absolute atomic E-state index is 0.0643. The Labute approximate surface area is 144 Å². The van der Waals surface area contributed by atoms with Gasteiger partial charge < -0.3 is 14.8 Å². The number of halogens is 1. The van der Waals surface area contributed by atoms with Crippen LogP contribution in [-0.2, 0) is 14.3 Å². The molecule has 0 amide bonds. The highest BCUT2D eigenvalue weighted by Gasteiger charge is 2.58. The van der Waals surface area contributed by atoms with E-state index in [1.165, 1.54) is 9.13 Å². The molecule has 1 N–H and O–H groups in total. The second-order valence-corrected chi connectivity index (χ2v) is 7.59. The van der Waals surface area contributed by atoms with Gasteiger partial charge >= 0.3 is 5.97 Å². The number of hydrogen-bond donors (Lipinski definition) is 1. The Hall–Kier alpha value is -0.820. The highest BCUT2D eigenvalue weighted by atomic mass is 127. The first-order valence-corrected chi connectivity index (χ1v) is 9.13. The first-order valence-electron chi connectivity index (χ1n) is 8.05. The third-order valence-electron chi connectivity index (χ3n) is 5.26. The molecule has 1 saturated carbocycles. The van der Waals surface area contributed by atoms with Crippen molar-refractivity contribution in [2.24, 2.45) is 11.8 Å². The molecule has 1 saturated heterocycles. The quantitative estimate of drug-likeness (QED) is 0.598. The van der Waals surface area contributed by atoms with Crippen LogP contribution in [0.25, 0.3) is 0 Å². The van der Waals surface area contributed by atoms with Gasteiger partial charge in [-0.2, -0.15) is 0 Å². The summed E-state index contributed by atoms with van der Waals surface area (Å²) >= 11 is 2.35. The number of anilines is 1. The van der Waals surface area contributed by atoms with Gasteiger partial charge in [-0.05, 0) is 66.1 Å². The highest BCUT2D eigenvalue weighted by Crippen LogP contribution is 2.54. The van der Waals surface area contributed by atoms with Gasteiger partial charge in [0.15, 0.2) is 0 Å². The van der Waals surface area contributed by atoms with Crippen molar-refractivity contribution in [2.75, 3.05) is 18.5 Å². The molecule has 2 aliphatic heterocycles. The van der Waals surface area contributed by atoms with E-state index in [9.17, 15) is 4.79 Å². The van der Waals surface area contributed by atoms with Crippen LogP contribution in [0.5, 0.6) is 0 Å². The van der Waals surface area contributed by atoms with Gasteiger partial charge in [-0.1, -0.05) is 0 Å². The molecule has 5 heteroatoms. The zero-order valence-corrected chi connectivity index (χ0v) is 14.7. The van der Waals surface area contributed by atoms with E-state index in [1.807, 2.05) is 6.92 Å². The topological polar surface area (TPSA) is 47.6 Å². The predicted molar refractivity (Wildman–Crippen MR) is 91.9 cm³/mol. The van der Waals surface area contributed by atoms with Crippen molar-refractivity contribution in [3.05, 3.63) is 27.3 Å². The van der Waals surface area contributed by atoms with Crippen LogP contribution in [0.4, 0.5) is 5.69 Å². The van der Waals surface area contributed by atoms with E-state index >= 15 is 0 Å². The minimum Gasteiger partial charge on any atom is -0.466 e. The summed E-state index contributed by atoms with van der Waals surface area (Å²) in [5.74, 6) is 0.386. The van der Waals surface area contributed by atoms with Gasteiger partial charge in [0, 0.05) is 33.7 Å². The molecule has 4 rings (SSSR count). The first kappa shape index (κ1) is 14.8. The van der Waals surface area contributed by atoms with Crippen LogP contribution in [0, 0.1) is 15.4 Å². The second-order valence-electron chi connectivity index (χ2n) is 6.35. The van der Waals surface area contributed by atoms with Crippen LogP contribution in [0.15, 0.2) is 18.2 Å². The van der Waals surface area contributed by atoms with Crippen LogP contribution in [0.2, 0.25) is 0 Å². The summed E-state index contributed by atoms with van der Waals surface area (Å²) in [5, 5.41) is 3.59. The number of esters is 1. The Kier molecular flexibility index (Phi) is 3.80. The van der Waals surface area contributed by atoms with Crippen molar-refractivity contribution in [3.8, 4) is 0 Å². The summed E-state index contributed by atoms with van der Waals surface area (Å²) in [4.78, 5) is 12.5. The fourth-order valence-electron chi connectivity index (χ4n) is 4.50. The average molecular weight is 413 g/mol. The Morgan fingerprint density at radius 1 is 1.50 bits per heavy atom. The van der Waals surface area contributed by atoms with Gasteiger partial charge in [0.25, 0.3) is 0 Å². The molecule has 0 radical (unpaired) electrons. The standard InChI is InChI=1S/C17H20INO3/c1-2-21-17(20)14-10-4-3-7-22-16(10)13-11-8-9(18)5-6-12(11)19-15(13)14/h5-6,8,10,13-16,19H,2-4,7H2,1H3/t10-,13+,14-,15-,16+/m0/s1. The van der Waals surface area contributed by atoms with Crippen molar-refractivity contribution in [2.45, 2.75) is 37.8 Å². The van der Waals surface area contributed by atoms with Crippen molar-refractivity contribution in [1.82, 2.24) is 0 Å². The highest BCUT2D eigenvalue weighted by molar-refractivity contribution is 14.1. The summed E-state index contributed by atoms with van der Waals surface area (Å²) in [6, 6.07) is 6.57. The van der Waals surface area contributed by atoms with E-state index in [-0.39, 0.29) is 35.9 Å². The number of carbonyl (C=O) groups excluding carboxylic acids is 1. The van der Waals surface area contributed by atoms with Crippen LogP contribution in [0.1, 0.15) is 31.2 Å². The molecule has 22 heavy (non-hydrogen) atoms. The third-order valence-corrected chi connectivity index (χ3v) is 5.93. The summed E-state index contributed by atoms with van der Waals surface area (Å²) in [7, 11) is 0. The zero-order chi connectivity index (χ0) is 15.3. The van der Waals surface area contributed by atoms with Gasteiger partial charge in [0.2, 0.25) is 0 Å². The average Bonchev–Trinajstić information content (AvgIpc) is 3.01. The molecule has 118 valence electrons. The fourth-order valence-corrected chi connectivity index (χ4v) is 5.02. The maximum atomic E-state index is 12.5. The number of hydrogen-bond acceptors (Lipinski definition) is 4. The molecule has 1 aliphatic carbocycles. The number of carbonyl (C=O) groups is 1. The van der Waals surface area contributed by atoms with Crippen molar-refractivity contribution in [3.63, 3.8) is 0 Å². The second kappa shape index (κ2) is 5.67. The minimum atomic E-state index is -0.0969. The smallest absolute Gasteiger partial charge is 0.311 e. The molecule has 3 aliphatic rings. The lowest BCUT2D eigenvalue weighted by atomic mass is 9.87. The molecule has 2 heterocycles. The number of nitrogens with one attached hydrogen (secondary N) is 1.